The van der Waals surface area contributed by atoms with Gasteiger partial charge in [0.05, 0.1) is 5.69 Å². The van der Waals surface area contributed by atoms with Crippen molar-refractivity contribution in [3.05, 3.63) is 41.0 Å². The Hall–Kier alpha value is -1.81. The maximum atomic E-state index is 12.0. The molecule has 0 aliphatic rings. The highest BCUT2D eigenvalue weighted by molar-refractivity contribution is 6.30. The van der Waals surface area contributed by atoms with Crippen molar-refractivity contribution >= 4 is 17.7 Å². The Kier molecular flexibility index (Phi) is 3.86. The number of aromatic nitrogens is 2. The lowest BCUT2D eigenvalue weighted by Crippen LogP contribution is -2.28. The van der Waals surface area contributed by atoms with Crippen LogP contribution in [0.15, 0.2) is 30.3 Å². The highest BCUT2D eigenvalue weighted by atomic mass is 35.5. The molecule has 2 rings (SSSR count). The van der Waals surface area contributed by atoms with E-state index in [1.54, 1.807) is 12.1 Å². The van der Waals surface area contributed by atoms with E-state index in [-0.39, 0.29) is 0 Å². The van der Waals surface area contributed by atoms with Gasteiger partial charge in [0.25, 0.3) is 0 Å². The summed E-state index contributed by atoms with van der Waals surface area (Å²) >= 11 is 5.86. The third kappa shape index (κ3) is 3.39. The lowest BCUT2D eigenvalue weighted by molar-refractivity contribution is 0.0511. The monoisotopic (exact) mass is 292 g/mol. The van der Waals surface area contributed by atoms with E-state index in [4.69, 9.17) is 16.3 Å². The van der Waals surface area contributed by atoms with Crippen LogP contribution in [0.3, 0.4) is 0 Å². The van der Waals surface area contributed by atoms with Crippen LogP contribution in [0.2, 0.25) is 5.02 Å². The fourth-order valence-corrected chi connectivity index (χ4v) is 1.85. The Labute approximate surface area is 123 Å². The molecular formula is C15H17ClN2O2. The van der Waals surface area contributed by atoms with E-state index in [1.165, 1.54) is 4.68 Å². The van der Waals surface area contributed by atoms with Gasteiger partial charge < -0.3 is 4.74 Å². The molecule has 0 radical (unpaired) electrons. The zero-order valence-electron chi connectivity index (χ0n) is 12.0. The number of carbonyl (C=O) groups excluding carboxylic acids is 1. The molecule has 0 fully saturated rings. The van der Waals surface area contributed by atoms with Crippen molar-refractivity contribution in [2.45, 2.75) is 33.3 Å². The molecule has 0 spiro atoms. The van der Waals surface area contributed by atoms with Gasteiger partial charge in [-0.15, -0.1) is 0 Å². The fourth-order valence-electron chi connectivity index (χ4n) is 1.73. The summed E-state index contributed by atoms with van der Waals surface area (Å²) in [6.07, 6.45) is -0.477. The molecule has 0 saturated carbocycles. The van der Waals surface area contributed by atoms with Gasteiger partial charge in [-0.3, -0.25) is 0 Å². The summed E-state index contributed by atoms with van der Waals surface area (Å²) in [4.78, 5) is 12.0. The minimum Gasteiger partial charge on any atom is -0.442 e. The van der Waals surface area contributed by atoms with Crippen molar-refractivity contribution in [3.63, 3.8) is 0 Å². The largest absolute Gasteiger partial charge is 0.442 e. The van der Waals surface area contributed by atoms with Crippen LogP contribution >= 0.6 is 11.6 Å². The summed E-state index contributed by atoms with van der Waals surface area (Å²) in [5.41, 5.74) is 1.80. The molecule has 1 aromatic carbocycles. The Morgan fingerprint density at radius 1 is 1.25 bits per heavy atom. The van der Waals surface area contributed by atoms with Crippen molar-refractivity contribution < 1.29 is 9.53 Å². The normalized spacial score (nSPS) is 11.4. The van der Waals surface area contributed by atoms with E-state index < -0.39 is 11.7 Å². The fraction of sp³-hybridized carbons (Fsp3) is 0.333. The van der Waals surface area contributed by atoms with Crippen LogP contribution in [-0.4, -0.2) is 21.5 Å². The van der Waals surface area contributed by atoms with Gasteiger partial charge in [-0.2, -0.15) is 9.78 Å². The van der Waals surface area contributed by atoms with Crippen LogP contribution in [0.4, 0.5) is 4.79 Å². The van der Waals surface area contributed by atoms with E-state index in [0.717, 1.165) is 11.3 Å². The third-order valence-electron chi connectivity index (χ3n) is 2.59. The average Bonchev–Trinajstić information content (AvgIpc) is 2.70. The van der Waals surface area contributed by atoms with Gasteiger partial charge in [-0.1, -0.05) is 23.7 Å². The lowest BCUT2D eigenvalue weighted by Gasteiger charge is -2.19. The Balaban J connectivity index is 2.30. The molecule has 1 heterocycles. The molecule has 2 aromatic rings. The third-order valence-corrected chi connectivity index (χ3v) is 2.85. The molecule has 0 bridgehead atoms. The number of hydrogen-bond acceptors (Lipinski definition) is 3. The summed E-state index contributed by atoms with van der Waals surface area (Å²) in [5.74, 6) is 0. The molecular weight excluding hydrogens is 276 g/mol. The Morgan fingerprint density at radius 2 is 1.85 bits per heavy atom. The molecule has 5 heteroatoms. The summed E-state index contributed by atoms with van der Waals surface area (Å²) in [6.45, 7) is 7.29. The van der Waals surface area contributed by atoms with Crippen LogP contribution in [0.25, 0.3) is 11.3 Å². The SMILES string of the molecule is Cc1cc(-c2ccc(Cl)cc2)nn1C(=O)OC(C)(C)C. The van der Waals surface area contributed by atoms with Crippen molar-refractivity contribution in [3.8, 4) is 11.3 Å². The molecule has 0 saturated heterocycles. The summed E-state index contributed by atoms with van der Waals surface area (Å²) in [6, 6.07) is 9.15. The first-order chi connectivity index (χ1) is 9.26. The summed E-state index contributed by atoms with van der Waals surface area (Å²) in [7, 11) is 0. The highest BCUT2D eigenvalue weighted by Gasteiger charge is 2.20. The zero-order chi connectivity index (χ0) is 14.9. The Morgan fingerprint density at radius 3 is 2.40 bits per heavy atom. The highest BCUT2D eigenvalue weighted by Crippen LogP contribution is 2.21. The van der Waals surface area contributed by atoms with E-state index in [9.17, 15) is 4.79 Å². The first-order valence-corrected chi connectivity index (χ1v) is 6.70. The van der Waals surface area contributed by atoms with Crippen molar-refractivity contribution in [1.82, 2.24) is 9.78 Å². The van der Waals surface area contributed by atoms with E-state index in [0.29, 0.717) is 10.7 Å². The van der Waals surface area contributed by atoms with Gasteiger partial charge in [-0.05, 0) is 45.9 Å². The van der Waals surface area contributed by atoms with Gasteiger partial charge in [0, 0.05) is 16.3 Å². The predicted octanol–water partition coefficient (Wildman–Crippen LogP) is 4.30. The molecule has 0 aliphatic carbocycles. The van der Waals surface area contributed by atoms with Gasteiger partial charge >= 0.3 is 6.09 Å². The second-order valence-corrected chi connectivity index (χ2v) is 6.01. The van der Waals surface area contributed by atoms with Gasteiger partial charge in [0.2, 0.25) is 0 Å². The molecule has 1 aromatic heterocycles. The molecule has 0 aliphatic heterocycles. The number of hydrogen-bond donors (Lipinski definition) is 0. The molecule has 0 unspecified atom stereocenters. The maximum absolute atomic E-state index is 12.0. The molecule has 0 N–H and O–H groups in total. The van der Waals surface area contributed by atoms with Crippen LogP contribution in [0, 0.1) is 6.92 Å². The number of halogens is 1. The molecule has 0 amide bonds. The van der Waals surface area contributed by atoms with Gasteiger partial charge in [0.15, 0.2) is 0 Å². The lowest BCUT2D eigenvalue weighted by atomic mass is 10.1. The molecule has 0 atom stereocenters. The quantitative estimate of drug-likeness (QED) is 0.787. The number of rotatable bonds is 1. The summed E-state index contributed by atoms with van der Waals surface area (Å²) in [5, 5.41) is 4.96. The van der Waals surface area contributed by atoms with Gasteiger partial charge in [-0.25, -0.2) is 4.79 Å². The van der Waals surface area contributed by atoms with Crippen LogP contribution in [0.5, 0.6) is 0 Å². The smallest absolute Gasteiger partial charge is 0.435 e. The number of carbonyl (C=O) groups is 1. The van der Waals surface area contributed by atoms with E-state index >= 15 is 0 Å². The Bertz CT molecular complexity index is 624. The van der Waals surface area contributed by atoms with E-state index in [1.807, 2.05) is 45.9 Å². The topological polar surface area (TPSA) is 44.1 Å². The summed E-state index contributed by atoms with van der Waals surface area (Å²) < 4.78 is 6.59. The number of nitrogens with zero attached hydrogens (tertiary/aromatic N) is 2. The second-order valence-electron chi connectivity index (χ2n) is 5.57. The average molecular weight is 293 g/mol. The van der Waals surface area contributed by atoms with Crippen LogP contribution in [0.1, 0.15) is 26.5 Å². The van der Waals surface area contributed by atoms with E-state index in [2.05, 4.69) is 5.10 Å². The molecule has 106 valence electrons. The number of aryl methyl sites for hydroxylation is 1. The second kappa shape index (κ2) is 5.29. The number of ether oxygens (including phenoxy) is 1. The maximum Gasteiger partial charge on any atom is 0.435 e. The van der Waals surface area contributed by atoms with Crippen molar-refractivity contribution in [2.24, 2.45) is 0 Å². The standard InChI is InChI=1S/C15H17ClN2O2/c1-10-9-13(11-5-7-12(16)8-6-11)17-18(10)14(19)20-15(2,3)4/h5-9H,1-4H3. The first-order valence-electron chi connectivity index (χ1n) is 6.32. The molecule has 4 nitrogen and oxygen atoms in total. The minimum absolute atomic E-state index is 0.477. The number of benzene rings is 1. The zero-order valence-corrected chi connectivity index (χ0v) is 12.7. The van der Waals surface area contributed by atoms with Crippen LogP contribution in [-0.2, 0) is 4.74 Å². The van der Waals surface area contributed by atoms with Crippen molar-refractivity contribution in [1.29, 1.82) is 0 Å². The minimum atomic E-state index is -0.546. The van der Waals surface area contributed by atoms with Crippen molar-refractivity contribution in [2.75, 3.05) is 0 Å². The predicted molar refractivity (Wildman–Crippen MR) is 79.0 cm³/mol. The first kappa shape index (κ1) is 14.6. The van der Waals surface area contributed by atoms with Gasteiger partial charge in [0.1, 0.15) is 5.60 Å². The molecule has 20 heavy (non-hydrogen) atoms. The van der Waals surface area contributed by atoms with Crippen LogP contribution < -0.4 is 0 Å².